The molecule has 7 nitrogen and oxygen atoms in total. The van der Waals surface area contributed by atoms with Crippen molar-refractivity contribution in [2.45, 2.75) is 26.8 Å². The average molecular weight is 343 g/mol. The number of aryl methyl sites for hydroxylation is 2. The fraction of sp³-hybridized carbons (Fsp3) is 0.375. The molecule has 1 amide bonds. The van der Waals surface area contributed by atoms with Crippen molar-refractivity contribution in [2.75, 3.05) is 18.9 Å². The van der Waals surface area contributed by atoms with Gasteiger partial charge in [-0.2, -0.15) is 0 Å². The maximum Gasteiger partial charge on any atom is 0.258 e. The normalized spacial score (nSPS) is 14.8. The SMILES string of the molecule is Cc1cc(C(=O)Nc2nc3c(s2)CN(C)CC3)c2c(C)noc2n1. The van der Waals surface area contributed by atoms with E-state index in [2.05, 4.69) is 32.4 Å². The Bertz CT molecular complexity index is 945. The van der Waals surface area contributed by atoms with Gasteiger partial charge in [0.25, 0.3) is 11.6 Å². The molecule has 1 N–H and O–H groups in total. The summed E-state index contributed by atoms with van der Waals surface area (Å²) in [6, 6.07) is 1.75. The Morgan fingerprint density at radius 2 is 2.21 bits per heavy atom. The number of hydrogen-bond donors (Lipinski definition) is 1. The van der Waals surface area contributed by atoms with Crippen LogP contribution in [0.2, 0.25) is 0 Å². The van der Waals surface area contributed by atoms with Crippen LogP contribution < -0.4 is 5.32 Å². The van der Waals surface area contributed by atoms with Crippen LogP contribution in [0.3, 0.4) is 0 Å². The number of rotatable bonds is 2. The van der Waals surface area contributed by atoms with Crippen LogP contribution in [0.4, 0.5) is 5.13 Å². The van der Waals surface area contributed by atoms with Gasteiger partial charge in [-0.15, -0.1) is 11.3 Å². The van der Waals surface area contributed by atoms with Gasteiger partial charge >= 0.3 is 0 Å². The van der Waals surface area contributed by atoms with E-state index in [0.29, 0.717) is 33.2 Å². The van der Waals surface area contributed by atoms with Gasteiger partial charge in [-0.05, 0) is 27.0 Å². The first-order valence-electron chi connectivity index (χ1n) is 7.73. The highest BCUT2D eigenvalue weighted by Crippen LogP contribution is 2.29. The molecule has 1 aliphatic rings. The third-order valence-corrected chi connectivity index (χ3v) is 5.13. The van der Waals surface area contributed by atoms with Crippen molar-refractivity contribution in [1.29, 1.82) is 0 Å². The number of anilines is 1. The summed E-state index contributed by atoms with van der Waals surface area (Å²) in [4.78, 5) is 25.1. The van der Waals surface area contributed by atoms with Crippen molar-refractivity contribution >= 4 is 33.5 Å². The summed E-state index contributed by atoms with van der Waals surface area (Å²) in [6.45, 7) is 5.50. The number of carbonyl (C=O) groups is 1. The Morgan fingerprint density at radius 1 is 1.38 bits per heavy atom. The summed E-state index contributed by atoms with van der Waals surface area (Å²) in [5.41, 5.74) is 3.36. The molecule has 0 aromatic carbocycles. The standard InChI is InChI=1S/C16H17N5O2S/c1-8-6-10(13-9(2)20-23-15(13)17-8)14(22)19-16-18-11-4-5-21(3)7-12(11)24-16/h6H,4-5,7H2,1-3H3,(H,18,19,22). The van der Waals surface area contributed by atoms with Crippen LogP contribution in [-0.4, -0.2) is 39.5 Å². The maximum atomic E-state index is 12.8. The van der Waals surface area contributed by atoms with Crippen LogP contribution >= 0.6 is 11.3 Å². The van der Waals surface area contributed by atoms with Crippen molar-refractivity contribution in [3.05, 3.63) is 33.6 Å². The number of fused-ring (bicyclic) bond motifs is 2. The summed E-state index contributed by atoms with van der Waals surface area (Å²) in [5, 5.41) is 8.12. The van der Waals surface area contributed by atoms with Gasteiger partial charge in [0.1, 0.15) is 0 Å². The van der Waals surface area contributed by atoms with Gasteiger partial charge in [0.2, 0.25) is 0 Å². The molecule has 0 radical (unpaired) electrons. The minimum atomic E-state index is -0.212. The van der Waals surface area contributed by atoms with Gasteiger partial charge in [-0.1, -0.05) is 5.16 Å². The highest BCUT2D eigenvalue weighted by molar-refractivity contribution is 7.15. The van der Waals surface area contributed by atoms with Gasteiger partial charge in [-0.3, -0.25) is 10.1 Å². The van der Waals surface area contributed by atoms with E-state index >= 15 is 0 Å². The Hall–Kier alpha value is -2.32. The van der Waals surface area contributed by atoms with E-state index in [0.717, 1.165) is 25.2 Å². The molecule has 0 saturated carbocycles. The third-order valence-electron chi connectivity index (χ3n) is 4.13. The van der Waals surface area contributed by atoms with Gasteiger partial charge in [0, 0.05) is 30.1 Å². The molecule has 4 rings (SSSR count). The van der Waals surface area contributed by atoms with E-state index in [-0.39, 0.29) is 5.91 Å². The first kappa shape index (κ1) is 15.2. The Balaban J connectivity index is 1.67. The van der Waals surface area contributed by atoms with Gasteiger partial charge in [0.15, 0.2) is 5.13 Å². The lowest BCUT2D eigenvalue weighted by Crippen LogP contribution is -2.25. The summed E-state index contributed by atoms with van der Waals surface area (Å²) < 4.78 is 5.19. The molecule has 0 bridgehead atoms. The van der Waals surface area contributed by atoms with Crippen molar-refractivity contribution in [2.24, 2.45) is 0 Å². The zero-order valence-electron chi connectivity index (χ0n) is 13.7. The molecular formula is C16H17N5O2S. The summed E-state index contributed by atoms with van der Waals surface area (Å²) in [6.07, 6.45) is 0.918. The van der Waals surface area contributed by atoms with Crippen LogP contribution in [-0.2, 0) is 13.0 Å². The van der Waals surface area contributed by atoms with Gasteiger partial charge < -0.3 is 9.42 Å². The number of likely N-dealkylation sites (N-methyl/N-ethyl adjacent to an activating group) is 1. The van der Waals surface area contributed by atoms with Crippen LogP contribution in [0.1, 0.15) is 32.3 Å². The monoisotopic (exact) mass is 343 g/mol. The zero-order valence-corrected chi connectivity index (χ0v) is 14.5. The van der Waals surface area contributed by atoms with E-state index < -0.39 is 0 Å². The lowest BCUT2D eigenvalue weighted by atomic mass is 10.1. The molecular weight excluding hydrogens is 326 g/mol. The lowest BCUT2D eigenvalue weighted by molar-refractivity contribution is 0.102. The Labute approximate surface area is 142 Å². The molecule has 1 aliphatic heterocycles. The molecule has 3 aromatic heterocycles. The van der Waals surface area contributed by atoms with E-state index in [1.54, 1.807) is 13.0 Å². The molecule has 0 saturated heterocycles. The molecule has 0 aliphatic carbocycles. The van der Waals surface area contributed by atoms with Crippen LogP contribution in [0.5, 0.6) is 0 Å². The predicted octanol–water partition coefficient (Wildman–Crippen LogP) is 2.54. The first-order valence-corrected chi connectivity index (χ1v) is 8.55. The second-order valence-electron chi connectivity index (χ2n) is 6.09. The highest BCUT2D eigenvalue weighted by atomic mass is 32.1. The Kier molecular flexibility index (Phi) is 3.58. The summed E-state index contributed by atoms with van der Waals surface area (Å²) in [7, 11) is 2.09. The molecule has 0 atom stereocenters. The number of hydrogen-bond acceptors (Lipinski definition) is 7. The number of nitrogens with one attached hydrogen (secondary N) is 1. The molecule has 0 spiro atoms. The van der Waals surface area contributed by atoms with Crippen LogP contribution in [0, 0.1) is 13.8 Å². The second kappa shape index (κ2) is 5.64. The van der Waals surface area contributed by atoms with Crippen molar-refractivity contribution in [3.63, 3.8) is 0 Å². The fourth-order valence-electron chi connectivity index (χ4n) is 2.94. The molecule has 0 fully saturated rings. The topological polar surface area (TPSA) is 84.2 Å². The van der Waals surface area contributed by atoms with Crippen molar-refractivity contribution in [1.82, 2.24) is 20.0 Å². The van der Waals surface area contributed by atoms with Gasteiger partial charge in [-0.25, -0.2) is 9.97 Å². The van der Waals surface area contributed by atoms with E-state index in [4.69, 9.17) is 4.52 Å². The number of aromatic nitrogens is 3. The van der Waals surface area contributed by atoms with E-state index in [9.17, 15) is 4.79 Å². The first-order chi connectivity index (χ1) is 11.5. The number of nitrogens with zero attached hydrogens (tertiary/aromatic N) is 4. The molecule has 0 unspecified atom stereocenters. The molecule has 8 heteroatoms. The summed E-state index contributed by atoms with van der Waals surface area (Å²) in [5.74, 6) is -0.212. The number of carbonyl (C=O) groups excluding carboxylic acids is 1. The van der Waals surface area contributed by atoms with Crippen molar-refractivity contribution < 1.29 is 9.32 Å². The minimum Gasteiger partial charge on any atom is -0.336 e. The smallest absolute Gasteiger partial charge is 0.258 e. The molecule has 4 heterocycles. The number of thiazole rings is 1. The number of pyridine rings is 1. The predicted molar refractivity (Wildman–Crippen MR) is 91.4 cm³/mol. The number of amides is 1. The second-order valence-corrected chi connectivity index (χ2v) is 7.17. The quantitative estimate of drug-likeness (QED) is 0.770. The van der Waals surface area contributed by atoms with Crippen molar-refractivity contribution in [3.8, 4) is 0 Å². The largest absolute Gasteiger partial charge is 0.336 e. The third kappa shape index (κ3) is 2.57. The molecule has 24 heavy (non-hydrogen) atoms. The maximum absolute atomic E-state index is 12.8. The molecule has 3 aromatic rings. The zero-order chi connectivity index (χ0) is 16.8. The fourth-order valence-corrected chi connectivity index (χ4v) is 4.02. The lowest BCUT2D eigenvalue weighted by Gasteiger charge is -2.20. The Morgan fingerprint density at radius 3 is 3.04 bits per heavy atom. The summed E-state index contributed by atoms with van der Waals surface area (Å²) >= 11 is 1.54. The average Bonchev–Trinajstić information content (AvgIpc) is 3.09. The van der Waals surface area contributed by atoms with Crippen LogP contribution in [0.15, 0.2) is 10.6 Å². The minimum absolute atomic E-state index is 0.212. The van der Waals surface area contributed by atoms with Crippen LogP contribution in [0.25, 0.3) is 11.1 Å². The van der Waals surface area contributed by atoms with E-state index in [1.165, 1.54) is 16.2 Å². The molecule has 124 valence electrons. The highest BCUT2D eigenvalue weighted by Gasteiger charge is 2.22. The van der Waals surface area contributed by atoms with Gasteiger partial charge in [0.05, 0.1) is 22.3 Å². The van der Waals surface area contributed by atoms with E-state index in [1.807, 2.05) is 6.92 Å².